The fourth-order valence-corrected chi connectivity index (χ4v) is 4.01. The van der Waals surface area contributed by atoms with Gasteiger partial charge in [-0.05, 0) is 40.2 Å². The molecule has 1 aromatic heterocycles. The zero-order chi connectivity index (χ0) is 17.5. The van der Waals surface area contributed by atoms with E-state index in [2.05, 4.69) is 31.1 Å². The van der Waals surface area contributed by atoms with Crippen LogP contribution in [-0.4, -0.2) is 42.9 Å². The van der Waals surface area contributed by atoms with E-state index in [1.54, 1.807) is 18.0 Å². The summed E-state index contributed by atoms with van der Waals surface area (Å²) in [7, 11) is 0. The summed E-state index contributed by atoms with van der Waals surface area (Å²) in [6, 6.07) is 11.9. The number of carbonyl (C=O) groups excluding carboxylic acids is 1. The summed E-state index contributed by atoms with van der Waals surface area (Å²) < 4.78 is 6.41. The molecule has 0 spiro atoms. The van der Waals surface area contributed by atoms with Gasteiger partial charge in [-0.2, -0.15) is 0 Å². The van der Waals surface area contributed by atoms with Gasteiger partial charge in [0.15, 0.2) is 0 Å². The molecule has 1 saturated heterocycles. The van der Waals surface area contributed by atoms with Crippen molar-refractivity contribution in [3.8, 4) is 0 Å². The van der Waals surface area contributed by atoms with Crippen molar-refractivity contribution < 1.29 is 9.53 Å². The highest BCUT2D eigenvalue weighted by Gasteiger charge is 2.12. The van der Waals surface area contributed by atoms with Crippen molar-refractivity contribution in [3.05, 3.63) is 47.1 Å². The van der Waals surface area contributed by atoms with Crippen molar-refractivity contribution >= 4 is 45.1 Å². The van der Waals surface area contributed by atoms with Crippen LogP contribution in [-0.2, 0) is 9.53 Å². The Labute approximate surface area is 160 Å². The molecular formula is C18H20BrN3O2S. The number of hydrogen-bond acceptors (Lipinski definition) is 5. The second kappa shape index (κ2) is 9.22. The predicted molar refractivity (Wildman–Crippen MR) is 105 cm³/mol. The molecule has 2 aromatic rings. The Bertz CT molecular complexity index is 706. The van der Waals surface area contributed by atoms with E-state index in [1.807, 2.05) is 36.4 Å². The molecule has 1 amide bonds. The van der Waals surface area contributed by atoms with E-state index in [9.17, 15) is 4.79 Å². The molecule has 1 aliphatic heterocycles. The number of aromatic nitrogens is 1. The van der Waals surface area contributed by atoms with Crippen LogP contribution in [0.2, 0.25) is 0 Å². The Morgan fingerprint density at radius 3 is 2.76 bits per heavy atom. The number of rotatable bonds is 6. The molecule has 25 heavy (non-hydrogen) atoms. The Hall–Kier alpha value is -1.57. The zero-order valence-electron chi connectivity index (χ0n) is 13.8. The number of morpholine rings is 1. The van der Waals surface area contributed by atoms with Gasteiger partial charge >= 0.3 is 0 Å². The fourth-order valence-electron chi connectivity index (χ4n) is 2.49. The van der Waals surface area contributed by atoms with E-state index in [-0.39, 0.29) is 5.91 Å². The van der Waals surface area contributed by atoms with Gasteiger partial charge in [0.05, 0.1) is 25.1 Å². The average Bonchev–Trinajstić information content (AvgIpc) is 2.65. The first-order valence-electron chi connectivity index (χ1n) is 8.18. The topological polar surface area (TPSA) is 54.5 Å². The molecule has 0 radical (unpaired) electrons. The van der Waals surface area contributed by atoms with Gasteiger partial charge in [-0.25, -0.2) is 4.98 Å². The lowest BCUT2D eigenvalue weighted by atomic mass is 10.3. The monoisotopic (exact) mass is 421 g/mol. The number of hydrogen-bond donors (Lipinski definition) is 1. The van der Waals surface area contributed by atoms with Crippen LogP contribution in [0.4, 0.5) is 11.5 Å². The van der Waals surface area contributed by atoms with E-state index in [0.29, 0.717) is 12.2 Å². The highest BCUT2D eigenvalue weighted by Crippen LogP contribution is 2.27. The third-order valence-corrected chi connectivity index (χ3v) is 5.84. The summed E-state index contributed by atoms with van der Waals surface area (Å²) in [6.07, 6.45) is 2.25. The van der Waals surface area contributed by atoms with Crippen LogP contribution in [0.15, 0.2) is 52.0 Å². The van der Waals surface area contributed by atoms with Crippen LogP contribution in [0.25, 0.3) is 0 Å². The standard InChI is InChI=1S/C18H20BrN3O2S/c19-15-3-1-2-4-16(15)25-12-7-18(23)21-17-6-5-14(13-20-17)22-8-10-24-11-9-22/h1-6,13H,7-12H2,(H,20,21,23). The molecule has 5 nitrogen and oxygen atoms in total. The number of nitrogens with zero attached hydrogens (tertiary/aromatic N) is 2. The first-order valence-corrected chi connectivity index (χ1v) is 9.96. The third kappa shape index (κ3) is 5.45. The van der Waals surface area contributed by atoms with Gasteiger partial charge in [0.2, 0.25) is 5.91 Å². The number of pyridine rings is 1. The highest BCUT2D eigenvalue weighted by atomic mass is 79.9. The normalized spacial score (nSPS) is 14.4. The molecule has 0 atom stereocenters. The number of anilines is 2. The first kappa shape index (κ1) is 18.2. The molecule has 0 unspecified atom stereocenters. The van der Waals surface area contributed by atoms with Gasteiger partial charge in [-0.15, -0.1) is 11.8 Å². The minimum Gasteiger partial charge on any atom is -0.378 e. The summed E-state index contributed by atoms with van der Waals surface area (Å²) in [4.78, 5) is 19.8. The SMILES string of the molecule is O=C(CCSc1ccccc1Br)Nc1ccc(N2CCOCC2)cn1. The number of carbonyl (C=O) groups is 1. The Kier molecular flexibility index (Phi) is 6.72. The van der Waals surface area contributed by atoms with E-state index >= 15 is 0 Å². The van der Waals surface area contributed by atoms with E-state index in [4.69, 9.17) is 4.74 Å². The molecule has 1 N–H and O–H groups in total. The third-order valence-electron chi connectivity index (χ3n) is 3.81. The van der Waals surface area contributed by atoms with Crippen LogP contribution in [0, 0.1) is 0 Å². The maximum atomic E-state index is 12.1. The van der Waals surface area contributed by atoms with Crippen molar-refractivity contribution in [3.63, 3.8) is 0 Å². The number of thioether (sulfide) groups is 1. The lowest BCUT2D eigenvalue weighted by Crippen LogP contribution is -2.36. The Morgan fingerprint density at radius 1 is 1.24 bits per heavy atom. The van der Waals surface area contributed by atoms with Gasteiger partial charge in [0.1, 0.15) is 5.82 Å². The molecule has 3 rings (SSSR count). The van der Waals surface area contributed by atoms with Crippen LogP contribution >= 0.6 is 27.7 Å². The number of benzene rings is 1. The molecule has 1 aromatic carbocycles. The predicted octanol–water partition coefficient (Wildman–Crippen LogP) is 3.80. The minimum absolute atomic E-state index is 0.0221. The Morgan fingerprint density at radius 2 is 2.04 bits per heavy atom. The van der Waals surface area contributed by atoms with Crippen LogP contribution in [0.3, 0.4) is 0 Å². The maximum absolute atomic E-state index is 12.1. The van der Waals surface area contributed by atoms with Gasteiger partial charge in [0.25, 0.3) is 0 Å². The molecule has 1 aliphatic rings. The van der Waals surface area contributed by atoms with Gasteiger partial charge < -0.3 is 15.0 Å². The summed E-state index contributed by atoms with van der Waals surface area (Å²) in [6.45, 7) is 3.24. The molecular weight excluding hydrogens is 402 g/mol. The van der Waals surface area contributed by atoms with Gasteiger partial charge in [-0.1, -0.05) is 12.1 Å². The molecule has 7 heteroatoms. The average molecular weight is 422 g/mol. The molecule has 0 aliphatic carbocycles. The number of halogens is 1. The zero-order valence-corrected chi connectivity index (χ0v) is 16.2. The smallest absolute Gasteiger partial charge is 0.226 e. The van der Waals surface area contributed by atoms with E-state index in [0.717, 1.165) is 47.1 Å². The summed E-state index contributed by atoms with van der Waals surface area (Å²) in [5.74, 6) is 1.29. The molecule has 1 fully saturated rings. The second-order valence-corrected chi connectivity index (χ2v) is 7.57. The molecule has 132 valence electrons. The molecule has 0 saturated carbocycles. The fraction of sp³-hybridized carbons (Fsp3) is 0.333. The van der Waals surface area contributed by atoms with Crippen molar-refractivity contribution in [1.82, 2.24) is 4.98 Å². The van der Waals surface area contributed by atoms with Crippen molar-refractivity contribution in [1.29, 1.82) is 0 Å². The first-order chi connectivity index (χ1) is 12.2. The van der Waals surface area contributed by atoms with Gasteiger partial charge in [0, 0.05) is 34.6 Å². The molecule has 2 heterocycles. The van der Waals surface area contributed by atoms with Crippen LogP contribution in [0.1, 0.15) is 6.42 Å². The minimum atomic E-state index is -0.0221. The van der Waals surface area contributed by atoms with Crippen LogP contribution < -0.4 is 10.2 Å². The second-order valence-electron chi connectivity index (χ2n) is 5.58. The highest BCUT2D eigenvalue weighted by molar-refractivity contribution is 9.10. The lowest BCUT2D eigenvalue weighted by Gasteiger charge is -2.28. The molecule has 0 bridgehead atoms. The number of ether oxygens (including phenoxy) is 1. The van der Waals surface area contributed by atoms with E-state index < -0.39 is 0 Å². The Balaban J connectivity index is 1.45. The number of amides is 1. The van der Waals surface area contributed by atoms with Crippen LogP contribution in [0.5, 0.6) is 0 Å². The lowest BCUT2D eigenvalue weighted by molar-refractivity contribution is -0.115. The van der Waals surface area contributed by atoms with Crippen molar-refractivity contribution in [2.24, 2.45) is 0 Å². The summed E-state index contributed by atoms with van der Waals surface area (Å²) >= 11 is 5.17. The maximum Gasteiger partial charge on any atom is 0.226 e. The summed E-state index contributed by atoms with van der Waals surface area (Å²) in [5, 5.41) is 2.85. The number of nitrogens with one attached hydrogen (secondary N) is 1. The van der Waals surface area contributed by atoms with Crippen molar-refractivity contribution in [2.75, 3.05) is 42.3 Å². The van der Waals surface area contributed by atoms with Gasteiger partial charge in [-0.3, -0.25) is 4.79 Å². The van der Waals surface area contributed by atoms with Crippen molar-refractivity contribution in [2.45, 2.75) is 11.3 Å². The largest absolute Gasteiger partial charge is 0.378 e. The van der Waals surface area contributed by atoms with E-state index in [1.165, 1.54) is 0 Å². The quantitative estimate of drug-likeness (QED) is 0.718. The summed E-state index contributed by atoms with van der Waals surface area (Å²) in [5.41, 5.74) is 1.06.